The topological polar surface area (TPSA) is 59.8 Å². The molecule has 0 spiro atoms. The molecule has 0 radical (unpaired) electrons. The largest absolute Gasteiger partial charge is 0.481 e. The Kier molecular flexibility index (Phi) is 5.88. The van der Waals surface area contributed by atoms with E-state index in [-0.39, 0.29) is 23.6 Å². The number of hydrogen-bond acceptors (Lipinski definition) is 4. The smallest absolute Gasteiger partial charge is 0.336 e. The van der Waals surface area contributed by atoms with Gasteiger partial charge in [0.25, 0.3) is 5.91 Å². The van der Waals surface area contributed by atoms with Crippen LogP contribution in [-0.2, 0) is 11.2 Å². The molecule has 0 aliphatic rings. The number of carbonyl (C=O) groups excluding carboxylic acids is 1. The molecule has 1 aromatic heterocycles. The molecule has 0 saturated carbocycles. The highest BCUT2D eigenvalue weighted by atomic mass is 16.5. The minimum Gasteiger partial charge on any atom is -0.481 e. The summed E-state index contributed by atoms with van der Waals surface area (Å²) in [5, 5.41) is 0.888. The van der Waals surface area contributed by atoms with Gasteiger partial charge in [0.1, 0.15) is 11.3 Å². The number of ether oxygens (including phenoxy) is 1. The number of nitrogens with zero attached hydrogens (tertiary/aromatic N) is 1. The van der Waals surface area contributed by atoms with E-state index in [1.165, 1.54) is 6.07 Å². The highest BCUT2D eigenvalue weighted by Crippen LogP contribution is 2.24. The van der Waals surface area contributed by atoms with E-state index in [1.54, 1.807) is 24.0 Å². The number of aryl methyl sites for hydroxylation is 1. The maximum atomic E-state index is 12.7. The lowest BCUT2D eigenvalue weighted by Crippen LogP contribution is -2.47. The first-order chi connectivity index (χ1) is 11.7. The van der Waals surface area contributed by atoms with E-state index in [0.717, 1.165) is 17.4 Å². The maximum absolute atomic E-state index is 12.7. The Labute approximate surface area is 148 Å². The summed E-state index contributed by atoms with van der Waals surface area (Å²) < 4.78 is 11.1. The third kappa shape index (κ3) is 4.21. The van der Waals surface area contributed by atoms with Crippen molar-refractivity contribution in [1.29, 1.82) is 0 Å². The molecule has 5 heteroatoms. The summed E-state index contributed by atoms with van der Waals surface area (Å²) in [5.41, 5.74) is 1.04. The Bertz CT molecular complexity index is 799. The van der Waals surface area contributed by atoms with Gasteiger partial charge in [0.05, 0.1) is 0 Å². The van der Waals surface area contributed by atoms with Gasteiger partial charge in [0, 0.05) is 29.6 Å². The number of fused-ring (bicyclic) bond motifs is 1. The molecule has 0 unspecified atom stereocenters. The second-order valence-electron chi connectivity index (χ2n) is 6.80. The Balaban J connectivity index is 2.28. The van der Waals surface area contributed by atoms with Gasteiger partial charge in [0.2, 0.25) is 0 Å². The van der Waals surface area contributed by atoms with Crippen LogP contribution in [-0.4, -0.2) is 29.0 Å². The lowest BCUT2D eigenvalue weighted by Gasteiger charge is -2.33. The van der Waals surface area contributed by atoms with E-state index in [2.05, 4.69) is 0 Å². The molecule has 1 aromatic carbocycles. The average Bonchev–Trinajstić information content (AvgIpc) is 2.52. The highest BCUT2D eigenvalue weighted by Gasteiger charge is 2.26. The highest BCUT2D eigenvalue weighted by molar-refractivity contribution is 5.83. The fraction of sp³-hybridized carbons (Fsp3) is 0.500. The van der Waals surface area contributed by atoms with Gasteiger partial charge in [-0.15, -0.1) is 0 Å². The van der Waals surface area contributed by atoms with Crippen molar-refractivity contribution >= 4 is 16.9 Å². The molecule has 1 heterocycles. The van der Waals surface area contributed by atoms with Crippen LogP contribution in [0, 0.1) is 0 Å². The van der Waals surface area contributed by atoms with Crippen molar-refractivity contribution in [3.8, 4) is 5.75 Å². The molecule has 5 nitrogen and oxygen atoms in total. The Hall–Kier alpha value is -2.30. The standard InChI is InChI=1S/C20H27NO4/c1-7-15-10-19(22)25-18-11-16(8-9-17(15)18)24-14(6)20(23)21(12(2)3)13(4)5/h8-14H,7H2,1-6H3/t14-/m1/s1. The van der Waals surface area contributed by atoms with Crippen LogP contribution in [0.5, 0.6) is 5.75 Å². The predicted octanol–water partition coefficient (Wildman–Crippen LogP) is 3.77. The molecule has 136 valence electrons. The van der Waals surface area contributed by atoms with Gasteiger partial charge in [0.15, 0.2) is 6.10 Å². The molecule has 2 aromatic rings. The van der Waals surface area contributed by atoms with Crippen LogP contribution in [0.1, 0.15) is 47.1 Å². The summed E-state index contributed by atoms with van der Waals surface area (Å²) in [5.74, 6) is 0.450. The van der Waals surface area contributed by atoms with Gasteiger partial charge in [-0.3, -0.25) is 4.79 Å². The summed E-state index contributed by atoms with van der Waals surface area (Å²) in [6.45, 7) is 11.7. The molecular weight excluding hydrogens is 318 g/mol. The first kappa shape index (κ1) is 19.0. The Morgan fingerprint density at radius 3 is 2.32 bits per heavy atom. The molecule has 2 rings (SSSR count). The molecule has 0 bridgehead atoms. The first-order valence-electron chi connectivity index (χ1n) is 8.80. The predicted molar refractivity (Wildman–Crippen MR) is 99.1 cm³/mol. The van der Waals surface area contributed by atoms with Crippen LogP contribution in [0.25, 0.3) is 11.0 Å². The first-order valence-corrected chi connectivity index (χ1v) is 8.80. The number of amides is 1. The van der Waals surface area contributed by atoms with Gasteiger partial charge in [-0.2, -0.15) is 0 Å². The van der Waals surface area contributed by atoms with E-state index in [9.17, 15) is 9.59 Å². The number of hydrogen-bond donors (Lipinski definition) is 0. The van der Waals surface area contributed by atoms with Crippen LogP contribution in [0.3, 0.4) is 0 Å². The number of rotatable bonds is 6. The molecule has 0 fully saturated rings. The van der Waals surface area contributed by atoms with Crippen LogP contribution < -0.4 is 10.4 Å². The van der Waals surface area contributed by atoms with Crippen molar-refractivity contribution in [2.75, 3.05) is 0 Å². The molecule has 1 amide bonds. The minimum absolute atomic E-state index is 0.0612. The summed E-state index contributed by atoms with van der Waals surface area (Å²) in [4.78, 5) is 26.2. The Morgan fingerprint density at radius 1 is 1.12 bits per heavy atom. The van der Waals surface area contributed by atoms with Gasteiger partial charge in [-0.1, -0.05) is 6.92 Å². The zero-order valence-corrected chi connectivity index (χ0v) is 15.8. The summed E-state index contributed by atoms with van der Waals surface area (Å²) in [6, 6.07) is 7.06. The SMILES string of the molecule is CCc1cc(=O)oc2cc(O[C@H](C)C(=O)N(C(C)C)C(C)C)ccc12. The number of carbonyl (C=O) groups is 1. The minimum atomic E-state index is -0.622. The summed E-state index contributed by atoms with van der Waals surface area (Å²) >= 11 is 0. The van der Waals surface area contributed by atoms with Crippen molar-refractivity contribution in [3.63, 3.8) is 0 Å². The zero-order chi connectivity index (χ0) is 18.7. The van der Waals surface area contributed by atoms with Crippen LogP contribution in [0.15, 0.2) is 33.5 Å². The van der Waals surface area contributed by atoms with Crippen LogP contribution in [0.4, 0.5) is 0 Å². The van der Waals surface area contributed by atoms with Crippen LogP contribution >= 0.6 is 0 Å². The fourth-order valence-electron chi connectivity index (χ4n) is 3.15. The average molecular weight is 345 g/mol. The molecule has 0 N–H and O–H groups in total. The molecular formula is C20H27NO4. The van der Waals surface area contributed by atoms with Gasteiger partial charge >= 0.3 is 5.63 Å². The zero-order valence-electron chi connectivity index (χ0n) is 15.8. The van der Waals surface area contributed by atoms with E-state index in [0.29, 0.717) is 11.3 Å². The lowest BCUT2D eigenvalue weighted by molar-refractivity contribution is -0.141. The van der Waals surface area contributed by atoms with Crippen LogP contribution in [0.2, 0.25) is 0 Å². The second kappa shape index (κ2) is 7.72. The fourth-order valence-corrected chi connectivity index (χ4v) is 3.15. The summed E-state index contributed by atoms with van der Waals surface area (Å²) in [7, 11) is 0. The lowest BCUT2D eigenvalue weighted by atomic mass is 10.1. The third-order valence-electron chi connectivity index (χ3n) is 4.21. The molecule has 0 saturated heterocycles. The van der Waals surface area contributed by atoms with Crippen molar-refractivity contribution in [2.45, 2.75) is 66.2 Å². The number of benzene rings is 1. The van der Waals surface area contributed by atoms with Crippen molar-refractivity contribution in [3.05, 3.63) is 40.2 Å². The van der Waals surface area contributed by atoms with E-state index < -0.39 is 6.10 Å². The molecule has 0 aliphatic carbocycles. The maximum Gasteiger partial charge on any atom is 0.336 e. The summed E-state index contributed by atoms with van der Waals surface area (Å²) in [6.07, 6.45) is 0.123. The molecule has 25 heavy (non-hydrogen) atoms. The monoisotopic (exact) mass is 345 g/mol. The van der Waals surface area contributed by atoms with Gasteiger partial charge in [-0.05, 0) is 58.7 Å². The second-order valence-corrected chi connectivity index (χ2v) is 6.80. The van der Waals surface area contributed by atoms with E-state index in [4.69, 9.17) is 9.15 Å². The van der Waals surface area contributed by atoms with Gasteiger partial charge in [-0.25, -0.2) is 4.79 Å². The molecule has 1 atom stereocenters. The van der Waals surface area contributed by atoms with Crippen molar-refractivity contribution in [2.24, 2.45) is 0 Å². The molecule has 0 aliphatic heterocycles. The van der Waals surface area contributed by atoms with Crippen molar-refractivity contribution in [1.82, 2.24) is 4.90 Å². The normalized spacial score (nSPS) is 12.6. The van der Waals surface area contributed by atoms with E-state index in [1.807, 2.05) is 40.7 Å². The Morgan fingerprint density at radius 2 is 1.76 bits per heavy atom. The van der Waals surface area contributed by atoms with Crippen molar-refractivity contribution < 1.29 is 13.9 Å². The third-order valence-corrected chi connectivity index (χ3v) is 4.21. The van der Waals surface area contributed by atoms with E-state index >= 15 is 0 Å². The quantitative estimate of drug-likeness (QED) is 0.748. The van der Waals surface area contributed by atoms with Gasteiger partial charge < -0.3 is 14.1 Å².